The van der Waals surface area contributed by atoms with Crippen LogP contribution in [0.2, 0.25) is 0 Å². The second kappa shape index (κ2) is 57.4. The largest absolute Gasteiger partial charge is 0.756 e. The summed E-state index contributed by atoms with van der Waals surface area (Å²) in [5.41, 5.74) is 0. The van der Waals surface area contributed by atoms with Crippen LogP contribution < -0.4 is 4.89 Å². The van der Waals surface area contributed by atoms with Gasteiger partial charge in [0.05, 0.1) is 55.5 Å². The number of likely N-dealkylation sites (N-methyl/N-ethyl adjacent to an activating group) is 2. The third-order valence-electron chi connectivity index (χ3n) is 14.2. The van der Waals surface area contributed by atoms with Crippen LogP contribution >= 0.6 is 15.6 Å². The van der Waals surface area contributed by atoms with Crippen LogP contribution in [0.4, 0.5) is 0 Å². The van der Waals surface area contributed by atoms with Crippen LogP contribution in [0.15, 0.2) is 24.3 Å². The minimum Gasteiger partial charge on any atom is -0.756 e. The number of hydrogen-bond acceptors (Lipinski definition) is 19. The predicted molar refractivity (Wildman–Crippen MR) is 348 cm³/mol. The van der Waals surface area contributed by atoms with E-state index in [9.17, 15) is 57.3 Å². The van der Waals surface area contributed by atoms with Gasteiger partial charge >= 0.3 is 37.7 Å². The lowest BCUT2D eigenvalue weighted by molar-refractivity contribution is -0.870. The van der Waals surface area contributed by atoms with Crippen molar-refractivity contribution in [1.82, 2.24) is 0 Å². The summed E-state index contributed by atoms with van der Waals surface area (Å²) in [6, 6.07) is 0. The van der Waals surface area contributed by atoms with Crippen LogP contribution in [0.3, 0.4) is 0 Å². The molecule has 0 aromatic carbocycles. The van der Waals surface area contributed by atoms with Crippen LogP contribution in [-0.2, 0) is 84.5 Å². The number of aliphatic carboxylic acids is 1. The first-order valence-electron chi connectivity index (χ1n) is 33.7. The van der Waals surface area contributed by atoms with E-state index in [1.807, 2.05) is 42.3 Å². The van der Waals surface area contributed by atoms with Crippen LogP contribution in [0.1, 0.15) is 245 Å². The zero-order chi connectivity index (χ0) is 68.5. The van der Waals surface area contributed by atoms with E-state index in [2.05, 4.69) is 13.8 Å². The fraction of sp³-hybridized carbons (Fsp3) is 0.818. The lowest BCUT2D eigenvalue weighted by Gasteiger charge is -2.28. The van der Waals surface area contributed by atoms with Crippen LogP contribution in [-0.4, -0.2) is 174 Å². The number of allylic oxidation sites excluding steroid dienone is 3. The molecule has 4 atom stereocenters. The van der Waals surface area contributed by atoms with E-state index < -0.39 is 89.7 Å². The molecule has 0 aromatic rings. The summed E-state index contributed by atoms with van der Waals surface area (Å²) in [5.74, 6) is -4.54. The number of hydrogen-bond donors (Lipinski definition) is 2. The number of esters is 4. The van der Waals surface area contributed by atoms with E-state index in [0.29, 0.717) is 54.0 Å². The van der Waals surface area contributed by atoms with E-state index in [0.717, 1.165) is 82.1 Å². The lowest BCUT2D eigenvalue weighted by atomic mass is 10.0. The summed E-state index contributed by atoms with van der Waals surface area (Å²) in [7, 11) is 2.21. The molecule has 91 heavy (non-hydrogen) atoms. The number of ketones is 2. The van der Waals surface area contributed by atoms with Crippen LogP contribution in [0, 0.1) is 0 Å². The zero-order valence-corrected chi connectivity index (χ0v) is 58.9. The van der Waals surface area contributed by atoms with Gasteiger partial charge in [0.2, 0.25) is 0 Å². The number of quaternary nitrogens is 2. The van der Waals surface area contributed by atoms with E-state index in [1.54, 1.807) is 0 Å². The van der Waals surface area contributed by atoms with Crippen molar-refractivity contribution in [3.63, 3.8) is 0 Å². The van der Waals surface area contributed by atoms with Gasteiger partial charge in [-0.3, -0.25) is 47.2 Å². The molecule has 2 unspecified atom stereocenters. The summed E-state index contributed by atoms with van der Waals surface area (Å²) in [6.45, 7) is 3.35. The minimum atomic E-state index is -4.72. The Morgan fingerprint density at radius 1 is 0.429 bits per heavy atom. The molecule has 0 saturated carbocycles. The van der Waals surface area contributed by atoms with Crippen molar-refractivity contribution in [1.29, 1.82) is 0 Å². The average molecular weight is 1340 g/mol. The lowest BCUT2D eigenvalue weighted by Crippen LogP contribution is -2.37. The number of carbonyl (C=O) groups is 8. The third-order valence-corrected chi connectivity index (χ3v) is 16.1. The number of nitrogens with zero attached hydrogens (tertiary/aromatic N) is 2. The van der Waals surface area contributed by atoms with Gasteiger partial charge in [0, 0.05) is 31.8 Å². The molecule has 0 aliphatic carbocycles. The highest BCUT2D eigenvalue weighted by atomic mass is 31.2. The van der Waals surface area contributed by atoms with Gasteiger partial charge in [-0.05, 0) is 43.9 Å². The predicted octanol–water partition coefficient (Wildman–Crippen LogP) is 12.5. The Bertz CT molecular complexity index is 2110. The van der Waals surface area contributed by atoms with Gasteiger partial charge in [0.25, 0.3) is 7.82 Å². The van der Waals surface area contributed by atoms with Crippen molar-refractivity contribution < 1.29 is 108 Å². The highest BCUT2D eigenvalue weighted by Crippen LogP contribution is 2.43. The van der Waals surface area contributed by atoms with Crippen molar-refractivity contribution in [3.05, 3.63) is 24.3 Å². The molecule has 2 N–H and O–H groups in total. The third kappa shape index (κ3) is 67.2. The Morgan fingerprint density at radius 3 is 1.16 bits per heavy atom. The highest BCUT2D eigenvalue weighted by molar-refractivity contribution is 7.47. The molecule has 0 radical (unpaired) electrons. The maximum Gasteiger partial charge on any atom is 0.472 e. The number of aldehydes is 1. The van der Waals surface area contributed by atoms with Crippen molar-refractivity contribution in [3.8, 4) is 0 Å². The van der Waals surface area contributed by atoms with Gasteiger partial charge in [-0.2, -0.15) is 0 Å². The van der Waals surface area contributed by atoms with Gasteiger partial charge in [-0.15, -0.1) is 0 Å². The van der Waals surface area contributed by atoms with Crippen molar-refractivity contribution in [2.24, 2.45) is 0 Å². The fourth-order valence-corrected chi connectivity index (χ4v) is 10.2. The number of carboxylic acid groups (broad SMARTS) is 1. The Hall–Kier alpha value is -4.02. The second-order valence-electron chi connectivity index (χ2n) is 25.3. The average Bonchev–Trinajstić information content (AvgIpc) is 3.26. The summed E-state index contributed by atoms with van der Waals surface area (Å²) in [4.78, 5) is 116. The van der Waals surface area contributed by atoms with Gasteiger partial charge in [0.1, 0.15) is 52.2 Å². The summed E-state index contributed by atoms with van der Waals surface area (Å²) >= 11 is 0. The van der Waals surface area contributed by atoms with E-state index in [1.165, 1.54) is 116 Å². The van der Waals surface area contributed by atoms with Crippen LogP contribution in [0.5, 0.6) is 0 Å². The smallest absolute Gasteiger partial charge is 0.472 e. The number of ether oxygens (including phenoxy) is 4. The number of phosphoric ester groups is 2. The highest BCUT2D eigenvalue weighted by Gasteiger charge is 2.28. The molecule has 25 heteroatoms. The molecule has 530 valence electrons. The van der Waals surface area contributed by atoms with Crippen molar-refractivity contribution in [2.45, 2.75) is 257 Å². The van der Waals surface area contributed by atoms with Gasteiger partial charge in [-0.1, -0.05) is 187 Å². The molecular weight excluding hydrogens is 1220 g/mol. The summed E-state index contributed by atoms with van der Waals surface area (Å²) < 4.78 is 66.5. The number of unbranched alkanes of at least 4 members (excludes halogenated alkanes) is 28. The first-order valence-corrected chi connectivity index (χ1v) is 36.7. The van der Waals surface area contributed by atoms with E-state index in [-0.39, 0.29) is 51.3 Å². The summed E-state index contributed by atoms with van der Waals surface area (Å²) in [5, 5.41) is 8.57. The normalized spacial score (nSPS) is 13.8. The SMILES string of the molecule is CCCCCCCCCCCCCCCC(=O)OC[C@H](COP(=O)(O)OCC[N+](C)(C)C)OC(=O)CCCCCCCC(=O)/C=C/C(=O)O.CCCCCCCCCCCCCCCC(=O)OC[C@H](COP(=O)([O-])OCC[N+](C)(C)C)OC(=O)CC(=O)/C=C/C=O. The van der Waals surface area contributed by atoms with E-state index >= 15 is 0 Å². The maximum atomic E-state index is 12.5. The topological polar surface area (TPSA) is 308 Å². The number of phosphoric acid groups is 2. The van der Waals surface area contributed by atoms with Crippen LogP contribution in [0.25, 0.3) is 0 Å². The van der Waals surface area contributed by atoms with E-state index in [4.69, 9.17) is 42.1 Å². The van der Waals surface area contributed by atoms with Gasteiger partial charge < -0.3 is 51.9 Å². The zero-order valence-electron chi connectivity index (χ0n) is 57.1. The molecule has 23 nitrogen and oxygen atoms in total. The van der Waals surface area contributed by atoms with Crippen molar-refractivity contribution >= 4 is 63.3 Å². The molecule has 0 spiro atoms. The number of carboxylic acids is 1. The molecule has 0 heterocycles. The fourth-order valence-electron chi connectivity index (χ4n) is 8.77. The Balaban J connectivity index is 0. The molecule has 0 amide bonds. The standard InChI is InChI=1S/C36H66NO11P.C30H54NO10P/c1-5-6-7-8-9-10-11-12-13-14-15-18-21-24-35(41)45-30-33(31-47-49(43,44)46-29-28-37(2,3)4)48-36(42)25-22-19-16-17-20-23-32(38)26-27-34(39)40;1-5-6-7-8-9-10-11-12-13-14-15-16-17-20-29(34)38-25-28(41-30(35)24-27(33)19-18-22-32)26-40-42(36,37)39-23-21-31(2,3)4/h26-27,33H,5-25,28-31H2,1-4H3,(H-,39,40,43,44);18-19,22,28H,5-17,20-21,23-26H2,1-4H3/p+1/b27-26+;19-18+/t33-;28-/m11/s1. The second-order valence-corrected chi connectivity index (χ2v) is 28.2. The minimum absolute atomic E-state index is 0.0109. The monoisotopic (exact) mass is 1340 g/mol. The molecule has 0 aromatic heterocycles. The maximum absolute atomic E-state index is 12.5. The van der Waals surface area contributed by atoms with Crippen molar-refractivity contribution in [2.75, 3.05) is 95.0 Å². The molecule has 0 fully saturated rings. The molecule has 0 bridgehead atoms. The number of carbonyl (C=O) groups excluding carboxylic acids is 7. The Morgan fingerprint density at radius 2 is 0.780 bits per heavy atom. The number of rotatable bonds is 62. The Kier molecular flexibility index (Phi) is 56.2. The molecule has 0 aliphatic heterocycles. The first kappa shape index (κ1) is 89.0. The summed E-state index contributed by atoms with van der Waals surface area (Å²) in [6.07, 6.45) is 36.3. The first-order chi connectivity index (χ1) is 43.1. The molecular formula is C66H121N2O21P2+. The van der Waals surface area contributed by atoms with Gasteiger partial charge in [0.15, 0.2) is 23.8 Å². The Labute approximate surface area is 546 Å². The molecule has 0 rings (SSSR count). The quantitative estimate of drug-likeness (QED) is 0.00835. The molecule has 0 aliphatic rings. The molecule has 0 saturated heterocycles. The van der Waals surface area contributed by atoms with Gasteiger partial charge in [-0.25, -0.2) is 9.36 Å².